The minimum absolute atomic E-state index is 0.0661. The highest BCUT2D eigenvalue weighted by molar-refractivity contribution is 6.34. The van der Waals surface area contributed by atoms with Crippen LogP contribution in [0.5, 0.6) is 0 Å². The molecule has 0 aliphatic rings. The van der Waals surface area contributed by atoms with E-state index in [9.17, 15) is 4.79 Å². The molecule has 0 N–H and O–H groups in total. The molecule has 0 saturated carbocycles. The zero-order chi connectivity index (χ0) is 15.6. The van der Waals surface area contributed by atoms with Crippen molar-refractivity contribution in [3.05, 3.63) is 64.7 Å². The maximum Gasteiger partial charge on any atom is 0.258 e. The lowest BCUT2D eigenvalue weighted by Gasteiger charge is -2.21. The van der Waals surface area contributed by atoms with Crippen molar-refractivity contribution in [3.63, 3.8) is 0 Å². The third kappa shape index (κ3) is 3.45. The van der Waals surface area contributed by atoms with Crippen LogP contribution in [0.4, 0.5) is 5.69 Å². The van der Waals surface area contributed by atoms with E-state index in [0.717, 1.165) is 0 Å². The molecular weight excluding hydrogens is 282 g/mol. The average Bonchev–Trinajstić information content (AvgIpc) is 2.45. The van der Waals surface area contributed by atoms with Crippen LogP contribution >= 0.6 is 11.6 Å². The van der Waals surface area contributed by atoms with Gasteiger partial charge in [-0.15, -0.1) is 0 Å². The lowest BCUT2D eigenvalue weighted by atomic mass is 9.86. The minimum atomic E-state index is -0.0661. The Kier molecular flexibility index (Phi) is 4.38. The topological polar surface area (TPSA) is 20.3 Å². The SMILES string of the molecule is CN(C(=O)c1ccc(C(C)(C)C)cc1)c1ccccc1Cl. The van der Waals surface area contributed by atoms with Crippen LogP contribution < -0.4 is 4.90 Å². The molecule has 0 aliphatic carbocycles. The molecule has 0 saturated heterocycles. The fourth-order valence-corrected chi connectivity index (χ4v) is 2.40. The summed E-state index contributed by atoms with van der Waals surface area (Å²) in [6.45, 7) is 6.46. The van der Waals surface area contributed by atoms with Crippen LogP contribution in [0.15, 0.2) is 48.5 Å². The number of para-hydroxylation sites is 1. The van der Waals surface area contributed by atoms with Crippen molar-refractivity contribution in [2.75, 3.05) is 11.9 Å². The summed E-state index contributed by atoms with van der Waals surface area (Å²) in [5.41, 5.74) is 2.66. The molecule has 110 valence electrons. The summed E-state index contributed by atoms with van der Waals surface area (Å²) in [4.78, 5) is 14.1. The maximum absolute atomic E-state index is 12.5. The van der Waals surface area contributed by atoms with E-state index < -0.39 is 0 Å². The van der Waals surface area contributed by atoms with Gasteiger partial charge in [-0.25, -0.2) is 0 Å². The summed E-state index contributed by atoms with van der Waals surface area (Å²) in [5, 5.41) is 0.569. The van der Waals surface area contributed by atoms with Crippen LogP contribution in [0.1, 0.15) is 36.7 Å². The smallest absolute Gasteiger partial charge is 0.258 e. The van der Waals surface area contributed by atoms with E-state index in [1.165, 1.54) is 5.56 Å². The number of rotatable bonds is 2. The second-order valence-corrected chi connectivity index (χ2v) is 6.55. The highest BCUT2D eigenvalue weighted by Crippen LogP contribution is 2.26. The summed E-state index contributed by atoms with van der Waals surface area (Å²) >= 11 is 6.14. The van der Waals surface area contributed by atoms with Gasteiger partial charge >= 0.3 is 0 Å². The van der Waals surface area contributed by atoms with E-state index in [1.807, 2.05) is 42.5 Å². The van der Waals surface area contributed by atoms with Gasteiger partial charge in [0.2, 0.25) is 0 Å². The molecule has 0 fully saturated rings. The first kappa shape index (κ1) is 15.6. The van der Waals surface area contributed by atoms with Crippen LogP contribution in [0.2, 0.25) is 5.02 Å². The van der Waals surface area contributed by atoms with Crippen LogP contribution in [-0.2, 0) is 5.41 Å². The molecule has 0 atom stereocenters. The molecule has 2 aromatic carbocycles. The molecule has 0 aromatic heterocycles. The van der Waals surface area contributed by atoms with Crippen LogP contribution in [0, 0.1) is 0 Å². The van der Waals surface area contributed by atoms with E-state index >= 15 is 0 Å². The predicted molar refractivity (Wildman–Crippen MR) is 89.3 cm³/mol. The lowest BCUT2D eigenvalue weighted by Crippen LogP contribution is -2.26. The number of hydrogen-bond donors (Lipinski definition) is 0. The highest BCUT2D eigenvalue weighted by atomic mass is 35.5. The number of benzene rings is 2. The van der Waals surface area contributed by atoms with Crippen LogP contribution in [0.25, 0.3) is 0 Å². The quantitative estimate of drug-likeness (QED) is 0.771. The van der Waals surface area contributed by atoms with Gasteiger partial charge in [-0.2, -0.15) is 0 Å². The molecule has 21 heavy (non-hydrogen) atoms. The Morgan fingerprint density at radius 2 is 1.57 bits per heavy atom. The summed E-state index contributed by atoms with van der Waals surface area (Å²) < 4.78 is 0. The molecule has 2 nitrogen and oxygen atoms in total. The molecule has 3 heteroatoms. The van der Waals surface area contributed by atoms with E-state index in [-0.39, 0.29) is 11.3 Å². The Balaban J connectivity index is 2.26. The van der Waals surface area contributed by atoms with Crippen molar-refractivity contribution in [1.82, 2.24) is 0 Å². The van der Waals surface area contributed by atoms with Gasteiger partial charge in [0.1, 0.15) is 0 Å². The predicted octanol–water partition coefficient (Wildman–Crippen LogP) is 4.91. The molecule has 0 heterocycles. The number of carbonyl (C=O) groups is 1. The highest BCUT2D eigenvalue weighted by Gasteiger charge is 2.17. The lowest BCUT2D eigenvalue weighted by molar-refractivity contribution is 0.0993. The Morgan fingerprint density at radius 1 is 1.00 bits per heavy atom. The Bertz CT molecular complexity index is 641. The van der Waals surface area contributed by atoms with Crippen molar-refractivity contribution in [2.24, 2.45) is 0 Å². The standard InChI is InChI=1S/C18H20ClNO/c1-18(2,3)14-11-9-13(10-12-14)17(21)20(4)16-8-6-5-7-15(16)19/h5-12H,1-4H3. The minimum Gasteiger partial charge on any atom is -0.310 e. The number of anilines is 1. The zero-order valence-electron chi connectivity index (χ0n) is 12.9. The first-order chi connectivity index (χ1) is 9.80. The van der Waals surface area contributed by atoms with E-state index in [2.05, 4.69) is 20.8 Å². The van der Waals surface area contributed by atoms with Gasteiger partial charge < -0.3 is 4.90 Å². The molecule has 0 bridgehead atoms. The first-order valence-electron chi connectivity index (χ1n) is 6.94. The van der Waals surface area contributed by atoms with Gasteiger partial charge in [0, 0.05) is 12.6 Å². The zero-order valence-corrected chi connectivity index (χ0v) is 13.6. The molecule has 0 unspecified atom stereocenters. The van der Waals surface area contributed by atoms with Crippen LogP contribution in [0.3, 0.4) is 0 Å². The molecule has 2 rings (SSSR count). The Hall–Kier alpha value is -1.80. The fourth-order valence-electron chi connectivity index (χ4n) is 2.14. The summed E-state index contributed by atoms with van der Waals surface area (Å²) in [6, 6.07) is 15.1. The van der Waals surface area contributed by atoms with Crippen molar-refractivity contribution >= 4 is 23.2 Å². The third-order valence-corrected chi connectivity index (χ3v) is 3.84. The van der Waals surface area contributed by atoms with Gasteiger partial charge in [0.25, 0.3) is 5.91 Å². The van der Waals surface area contributed by atoms with Gasteiger partial charge in [-0.1, -0.05) is 56.6 Å². The van der Waals surface area contributed by atoms with Gasteiger partial charge in [-0.05, 0) is 35.2 Å². The Morgan fingerprint density at radius 3 is 2.10 bits per heavy atom. The number of hydrogen-bond acceptors (Lipinski definition) is 1. The normalized spacial score (nSPS) is 11.3. The number of carbonyl (C=O) groups excluding carboxylic acids is 1. The first-order valence-corrected chi connectivity index (χ1v) is 7.31. The van der Waals surface area contributed by atoms with Gasteiger partial charge in [-0.3, -0.25) is 4.79 Å². The maximum atomic E-state index is 12.5. The van der Waals surface area contributed by atoms with Crippen molar-refractivity contribution in [3.8, 4) is 0 Å². The molecule has 0 radical (unpaired) electrons. The second kappa shape index (κ2) is 5.90. The molecule has 0 spiro atoms. The summed E-state index contributed by atoms with van der Waals surface area (Å²) in [5.74, 6) is -0.0661. The summed E-state index contributed by atoms with van der Waals surface area (Å²) in [7, 11) is 1.74. The fraction of sp³-hybridized carbons (Fsp3) is 0.278. The molecule has 2 aromatic rings. The number of amides is 1. The summed E-state index contributed by atoms with van der Waals surface area (Å²) in [6.07, 6.45) is 0. The largest absolute Gasteiger partial charge is 0.310 e. The molecular formula is C18H20ClNO. The van der Waals surface area contributed by atoms with Crippen LogP contribution in [-0.4, -0.2) is 13.0 Å². The molecule has 0 aliphatic heterocycles. The van der Waals surface area contributed by atoms with Crippen molar-refractivity contribution < 1.29 is 4.79 Å². The van der Waals surface area contributed by atoms with Crippen molar-refractivity contribution in [2.45, 2.75) is 26.2 Å². The second-order valence-electron chi connectivity index (χ2n) is 6.14. The van der Waals surface area contributed by atoms with Gasteiger partial charge in [0.05, 0.1) is 10.7 Å². The van der Waals surface area contributed by atoms with Gasteiger partial charge in [0.15, 0.2) is 0 Å². The number of halogens is 1. The third-order valence-electron chi connectivity index (χ3n) is 3.52. The Labute approximate surface area is 131 Å². The average molecular weight is 302 g/mol. The van der Waals surface area contributed by atoms with E-state index in [4.69, 9.17) is 11.6 Å². The molecule has 1 amide bonds. The van der Waals surface area contributed by atoms with E-state index in [1.54, 1.807) is 18.0 Å². The van der Waals surface area contributed by atoms with Crippen molar-refractivity contribution in [1.29, 1.82) is 0 Å². The monoisotopic (exact) mass is 301 g/mol. The van der Waals surface area contributed by atoms with E-state index in [0.29, 0.717) is 16.3 Å². The number of nitrogens with zero attached hydrogens (tertiary/aromatic N) is 1.